The Morgan fingerprint density at radius 1 is 1.18 bits per heavy atom. The van der Waals surface area contributed by atoms with E-state index < -0.39 is 9.84 Å². The molecule has 0 amide bonds. The van der Waals surface area contributed by atoms with E-state index in [1.54, 1.807) is 29.0 Å². The summed E-state index contributed by atoms with van der Waals surface area (Å²) < 4.78 is 44.4. The van der Waals surface area contributed by atoms with Gasteiger partial charge in [0, 0.05) is 24.3 Å². The maximum absolute atomic E-state index is 13.7. The number of halogens is 1. The highest BCUT2D eigenvalue weighted by Gasteiger charge is 2.19. The molecule has 0 aliphatic heterocycles. The summed E-state index contributed by atoms with van der Waals surface area (Å²) in [7, 11) is -1.81. The molecule has 9 heteroatoms. The summed E-state index contributed by atoms with van der Waals surface area (Å²) in [5.74, 6) is 0.200. The highest BCUT2D eigenvalue weighted by molar-refractivity contribution is 7.89. The SMILES string of the molecule is COc1ccc2c(ncc3nc(CS(C)(=O)=O)n(Cc4cccc(F)c4)c32)n1. The number of aromatic nitrogens is 4. The van der Waals surface area contributed by atoms with E-state index >= 15 is 0 Å². The first-order valence-corrected chi connectivity index (χ1v) is 10.5. The van der Waals surface area contributed by atoms with Gasteiger partial charge in [0.15, 0.2) is 15.5 Å². The first kappa shape index (κ1) is 18.3. The van der Waals surface area contributed by atoms with Gasteiger partial charge in [-0.1, -0.05) is 12.1 Å². The van der Waals surface area contributed by atoms with Crippen molar-refractivity contribution in [3.05, 3.63) is 59.8 Å². The lowest BCUT2D eigenvalue weighted by molar-refractivity contribution is 0.399. The number of imidazole rings is 1. The number of methoxy groups -OCH3 is 1. The summed E-state index contributed by atoms with van der Waals surface area (Å²) in [6, 6.07) is 9.70. The molecule has 4 aromatic rings. The van der Waals surface area contributed by atoms with Crippen LogP contribution >= 0.6 is 0 Å². The maximum Gasteiger partial charge on any atom is 0.215 e. The molecule has 1 aromatic carbocycles. The number of ether oxygens (including phenoxy) is 1. The average molecular weight is 400 g/mol. The summed E-state index contributed by atoms with van der Waals surface area (Å²) in [6.07, 6.45) is 2.71. The molecule has 28 heavy (non-hydrogen) atoms. The Hall–Kier alpha value is -3.07. The van der Waals surface area contributed by atoms with E-state index in [0.29, 0.717) is 39.3 Å². The van der Waals surface area contributed by atoms with Crippen LogP contribution in [0.1, 0.15) is 11.4 Å². The third-order valence-corrected chi connectivity index (χ3v) is 5.10. The Morgan fingerprint density at radius 3 is 2.71 bits per heavy atom. The second kappa shape index (κ2) is 6.83. The molecule has 0 saturated heterocycles. The zero-order valence-electron chi connectivity index (χ0n) is 15.3. The van der Waals surface area contributed by atoms with Gasteiger partial charge < -0.3 is 9.30 Å². The third kappa shape index (κ3) is 3.53. The minimum absolute atomic E-state index is 0.234. The molecular weight excluding hydrogens is 383 g/mol. The third-order valence-electron chi connectivity index (χ3n) is 4.32. The molecule has 0 spiro atoms. The van der Waals surface area contributed by atoms with Crippen LogP contribution in [0.3, 0.4) is 0 Å². The molecule has 0 N–H and O–H groups in total. The van der Waals surface area contributed by atoms with Crippen molar-refractivity contribution in [3.8, 4) is 5.88 Å². The Bertz CT molecular complexity index is 1300. The van der Waals surface area contributed by atoms with E-state index in [0.717, 1.165) is 6.26 Å². The predicted molar refractivity (Wildman–Crippen MR) is 103 cm³/mol. The summed E-state index contributed by atoms with van der Waals surface area (Å²) in [5.41, 5.74) is 2.40. The van der Waals surface area contributed by atoms with E-state index in [4.69, 9.17) is 4.74 Å². The molecule has 0 aliphatic rings. The fraction of sp³-hybridized carbons (Fsp3) is 0.211. The number of nitrogens with zero attached hydrogens (tertiary/aromatic N) is 4. The first-order chi connectivity index (χ1) is 13.3. The normalized spacial score (nSPS) is 12.0. The Balaban J connectivity index is 1.98. The van der Waals surface area contributed by atoms with Crippen LogP contribution in [0.2, 0.25) is 0 Å². The second-order valence-corrected chi connectivity index (χ2v) is 8.67. The van der Waals surface area contributed by atoms with Gasteiger partial charge in [0.1, 0.15) is 22.9 Å². The molecular formula is C19H17FN4O3S. The number of rotatable bonds is 5. The number of pyridine rings is 2. The van der Waals surface area contributed by atoms with Gasteiger partial charge in [-0.2, -0.15) is 4.98 Å². The van der Waals surface area contributed by atoms with Gasteiger partial charge in [-0.3, -0.25) is 0 Å². The smallest absolute Gasteiger partial charge is 0.215 e. The molecule has 0 aliphatic carbocycles. The van der Waals surface area contributed by atoms with Crippen LogP contribution in [0.15, 0.2) is 42.6 Å². The topological polar surface area (TPSA) is 87.0 Å². The maximum atomic E-state index is 13.7. The van der Waals surface area contributed by atoms with Crippen molar-refractivity contribution in [3.63, 3.8) is 0 Å². The van der Waals surface area contributed by atoms with Crippen LogP contribution in [-0.4, -0.2) is 41.3 Å². The lowest BCUT2D eigenvalue weighted by Crippen LogP contribution is -2.10. The van der Waals surface area contributed by atoms with Crippen molar-refractivity contribution in [1.82, 2.24) is 19.5 Å². The molecule has 7 nitrogen and oxygen atoms in total. The lowest BCUT2D eigenvalue weighted by Gasteiger charge is -2.11. The van der Waals surface area contributed by atoms with Crippen molar-refractivity contribution < 1.29 is 17.5 Å². The zero-order chi connectivity index (χ0) is 19.9. The molecule has 3 aromatic heterocycles. The number of benzene rings is 1. The number of fused-ring (bicyclic) bond motifs is 3. The molecule has 0 saturated carbocycles. The van der Waals surface area contributed by atoms with Crippen molar-refractivity contribution in [1.29, 1.82) is 0 Å². The minimum Gasteiger partial charge on any atom is -0.481 e. The molecule has 144 valence electrons. The van der Waals surface area contributed by atoms with Crippen molar-refractivity contribution >= 4 is 31.9 Å². The molecule has 3 heterocycles. The van der Waals surface area contributed by atoms with Crippen molar-refractivity contribution in [2.24, 2.45) is 0 Å². The summed E-state index contributed by atoms with van der Waals surface area (Å²) in [4.78, 5) is 13.1. The number of hydrogen-bond donors (Lipinski definition) is 0. The molecule has 0 unspecified atom stereocenters. The molecule has 0 fully saturated rings. The second-order valence-electron chi connectivity index (χ2n) is 6.53. The van der Waals surface area contributed by atoms with Gasteiger partial charge in [0.2, 0.25) is 5.88 Å². The van der Waals surface area contributed by atoms with E-state index in [1.807, 2.05) is 6.07 Å². The predicted octanol–water partition coefficient (Wildman–Crippen LogP) is 2.72. The average Bonchev–Trinajstić information content (AvgIpc) is 2.97. The Labute approximate surface area is 160 Å². The highest BCUT2D eigenvalue weighted by atomic mass is 32.2. The van der Waals surface area contributed by atoms with Crippen molar-refractivity contribution in [2.75, 3.05) is 13.4 Å². The van der Waals surface area contributed by atoms with Crippen molar-refractivity contribution in [2.45, 2.75) is 12.3 Å². The van der Waals surface area contributed by atoms with Crippen LogP contribution < -0.4 is 4.74 Å². The quantitative estimate of drug-likeness (QED) is 0.512. The van der Waals surface area contributed by atoms with E-state index in [9.17, 15) is 12.8 Å². The lowest BCUT2D eigenvalue weighted by atomic mass is 10.2. The summed E-state index contributed by atoms with van der Waals surface area (Å²) in [5, 5.41) is 0.710. The van der Waals surface area contributed by atoms with Gasteiger partial charge in [-0.25, -0.2) is 22.8 Å². The zero-order valence-corrected chi connectivity index (χ0v) is 16.1. The Kier molecular flexibility index (Phi) is 4.46. The van der Waals surface area contributed by atoms with Crippen LogP contribution in [0.5, 0.6) is 5.88 Å². The number of sulfone groups is 1. The highest BCUT2D eigenvalue weighted by Crippen LogP contribution is 2.27. The molecule has 0 radical (unpaired) electrons. The minimum atomic E-state index is -3.33. The van der Waals surface area contributed by atoms with Gasteiger partial charge in [0.25, 0.3) is 0 Å². The van der Waals surface area contributed by atoms with Crippen LogP contribution in [-0.2, 0) is 22.1 Å². The summed E-state index contributed by atoms with van der Waals surface area (Å²) >= 11 is 0. The van der Waals surface area contributed by atoms with Crippen LogP contribution in [0, 0.1) is 5.82 Å². The monoisotopic (exact) mass is 400 g/mol. The van der Waals surface area contributed by atoms with E-state index in [-0.39, 0.29) is 18.1 Å². The fourth-order valence-corrected chi connectivity index (χ4v) is 3.87. The molecule has 0 atom stereocenters. The standard InChI is InChI=1S/C19H17FN4O3S/c1-27-17-7-6-14-18-15(9-21-19(14)23-17)22-16(11-28(2,25)26)24(18)10-12-4-3-5-13(20)8-12/h3-9H,10-11H2,1-2H3. The fourth-order valence-electron chi connectivity index (χ4n) is 3.18. The van der Waals surface area contributed by atoms with E-state index in [1.165, 1.54) is 19.2 Å². The summed E-state index contributed by atoms with van der Waals surface area (Å²) in [6.45, 7) is 0.268. The van der Waals surface area contributed by atoms with Crippen LogP contribution in [0.4, 0.5) is 4.39 Å². The van der Waals surface area contributed by atoms with Gasteiger partial charge in [-0.05, 0) is 23.8 Å². The van der Waals surface area contributed by atoms with Gasteiger partial charge in [-0.15, -0.1) is 0 Å². The number of hydrogen-bond acceptors (Lipinski definition) is 6. The van der Waals surface area contributed by atoms with Gasteiger partial charge >= 0.3 is 0 Å². The Morgan fingerprint density at radius 2 is 2.00 bits per heavy atom. The molecule has 0 bridgehead atoms. The van der Waals surface area contributed by atoms with Gasteiger partial charge in [0.05, 0.1) is 18.8 Å². The van der Waals surface area contributed by atoms with E-state index in [2.05, 4.69) is 15.0 Å². The largest absolute Gasteiger partial charge is 0.481 e. The molecule has 4 rings (SSSR count). The first-order valence-electron chi connectivity index (χ1n) is 8.45. The van der Waals surface area contributed by atoms with Crippen LogP contribution in [0.25, 0.3) is 22.1 Å².